The fraction of sp³-hybridized carbons (Fsp3) is 1.00. The van der Waals surface area contributed by atoms with Crippen LogP contribution >= 0.6 is 0 Å². The third-order valence-corrected chi connectivity index (χ3v) is 6.53. The summed E-state index contributed by atoms with van der Waals surface area (Å²) in [5.74, 6) is 1.45. The van der Waals surface area contributed by atoms with Gasteiger partial charge in [-0.15, -0.1) is 0 Å². The predicted molar refractivity (Wildman–Crippen MR) is 66.2 cm³/mol. The van der Waals surface area contributed by atoms with Gasteiger partial charge in [-0.2, -0.15) is 0 Å². The van der Waals surface area contributed by atoms with Crippen molar-refractivity contribution in [3.63, 3.8) is 0 Å². The van der Waals surface area contributed by atoms with Gasteiger partial charge in [0.15, 0.2) is 9.84 Å². The maximum atomic E-state index is 12.2. The van der Waals surface area contributed by atoms with Crippen molar-refractivity contribution in [1.82, 2.24) is 5.32 Å². The van der Waals surface area contributed by atoms with E-state index in [1.165, 1.54) is 6.42 Å². The lowest BCUT2D eigenvalue weighted by molar-refractivity contribution is 0.341. The Labute approximate surface area is 98.9 Å². The lowest BCUT2D eigenvalue weighted by atomic mass is 9.87. The van der Waals surface area contributed by atoms with Crippen LogP contribution in [0.15, 0.2) is 0 Å². The number of sulfone groups is 1. The summed E-state index contributed by atoms with van der Waals surface area (Å²) in [6.07, 6.45) is 5.29. The lowest BCUT2D eigenvalue weighted by Gasteiger charge is -2.32. The molecule has 2 fully saturated rings. The minimum absolute atomic E-state index is 0.0354. The number of rotatable bonds is 4. The van der Waals surface area contributed by atoms with Crippen molar-refractivity contribution in [2.75, 3.05) is 18.8 Å². The van der Waals surface area contributed by atoms with Crippen LogP contribution in [0.5, 0.6) is 0 Å². The second-order valence-corrected chi connectivity index (χ2v) is 7.74. The third-order valence-electron chi connectivity index (χ3n) is 4.15. The Morgan fingerprint density at radius 3 is 2.50 bits per heavy atom. The molecule has 2 aliphatic rings. The lowest BCUT2D eigenvalue weighted by Crippen LogP contribution is -2.47. The van der Waals surface area contributed by atoms with Crippen LogP contribution in [-0.4, -0.2) is 32.5 Å². The Morgan fingerprint density at radius 1 is 1.19 bits per heavy atom. The number of nitrogens with one attached hydrogen (secondary N) is 1. The minimum Gasteiger partial charge on any atom is -0.316 e. The molecule has 94 valence electrons. The Balaban J connectivity index is 1.93. The highest BCUT2D eigenvalue weighted by molar-refractivity contribution is 7.92. The van der Waals surface area contributed by atoms with Crippen LogP contribution in [0.25, 0.3) is 0 Å². The molecule has 0 aromatic heterocycles. The van der Waals surface area contributed by atoms with E-state index in [1.54, 1.807) is 0 Å². The Hall–Kier alpha value is -0.0900. The van der Waals surface area contributed by atoms with Gasteiger partial charge in [0, 0.05) is 13.1 Å². The zero-order valence-corrected chi connectivity index (χ0v) is 10.9. The van der Waals surface area contributed by atoms with E-state index in [9.17, 15) is 8.42 Å². The monoisotopic (exact) mass is 245 g/mol. The number of hydrogen-bond acceptors (Lipinski definition) is 3. The zero-order chi connectivity index (χ0) is 11.6. The average Bonchev–Trinajstić information content (AvgIpc) is 2.24. The third kappa shape index (κ3) is 2.77. The standard InChI is InChI=1S/C12H23NO2S/c1-2-10-4-3-5-12(6-10)16(14,15)9-11-7-13-8-11/h10-13H,2-9H2,1H3. The van der Waals surface area contributed by atoms with Gasteiger partial charge in [-0.3, -0.25) is 0 Å². The fourth-order valence-corrected chi connectivity index (χ4v) is 5.13. The first kappa shape index (κ1) is 12.4. The molecule has 1 aliphatic heterocycles. The molecule has 2 atom stereocenters. The maximum absolute atomic E-state index is 12.2. The van der Waals surface area contributed by atoms with E-state index in [0.717, 1.165) is 38.8 Å². The van der Waals surface area contributed by atoms with Crippen molar-refractivity contribution < 1.29 is 8.42 Å². The Kier molecular flexibility index (Phi) is 3.90. The Bertz CT molecular complexity index is 322. The highest BCUT2D eigenvalue weighted by Crippen LogP contribution is 2.31. The van der Waals surface area contributed by atoms with Crippen molar-refractivity contribution in [3.8, 4) is 0 Å². The molecule has 4 heteroatoms. The molecule has 1 N–H and O–H groups in total. The zero-order valence-electron chi connectivity index (χ0n) is 10.1. The van der Waals surface area contributed by atoms with Crippen molar-refractivity contribution in [3.05, 3.63) is 0 Å². The van der Waals surface area contributed by atoms with Crippen LogP contribution in [0.4, 0.5) is 0 Å². The van der Waals surface area contributed by atoms with Gasteiger partial charge in [-0.05, 0) is 24.7 Å². The quantitative estimate of drug-likeness (QED) is 0.818. The van der Waals surface area contributed by atoms with Crippen molar-refractivity contribution in [1.29, 1.82) is 0 Å². The molecule has 0 aromatic rings. The van der Waals surface area contributed by atoms with Crippen LogP contribution in [0.2, 0.25) is 0 Å². The molecule has 0 spiro atoms. The molecule has 16 heavy (non-hydrogen) atoms. The molecule has 0 radical (unpaired) electrons. The van der Waals surface area contributed by atoms with Crippen LogP contribution < -0.4 is 5.32 Å². The first-order chi connectivity index (χ1) is 7.62. The first-order valence-corrected chi connectivity index (χ1v) is 8.25. The summed E-state index contributed by atoms with van der Waals surface area (Å²) in [5, 5.41) is 3.11. The summed E-state index contributed by atoms with van der Waals surface area (Å²) in [5.41, 5.74) is 0. The summed E-state index contributed by atoms with van der Waals surface area (Å²) in [4.78, 5) is 0. The van der Waals surface area contributed by atoms with Gasteiger partial charge in [0.1, 0.15) is 0 Å². The van der Waals surface area contributed by atoms with Gasteiger partial charge in [0.2, 0.25) is 0 Å². The molecular formula is C12H23NO2S. The van der Waals surface area contributed by atoms with E-state index >= 15 is 0 Å². The Morgan fingerprint density at radius 2 is 1.94 bits per heavy atom. The van der Waals surface area contributed by atoms with Gasteiger partial charge >= 0.3 is 0 Å². The largest absolute Gasteiger partial charge is 0.316 e. The second kappa shape index (κ2) is 5.05. The fourth-order valence-electron chi connectivity index (χ4n) is 2.87. The normalized spacial score (nSPS) is 32.3. The van der Waals surface area contributed by atoms with Gasteiger partial charge < -0.3 is 5.32 Å². The molecular weight excluding hydrogens is 222 g/mol. The summed E-state index contributed by atoms with van der Waals surface area (Å²) in [6, 6.07) is 0. The maximum Gasteiger partial charge on any atom is 0.153 e. The van der Waals surface area contributed by atoms with E-state index in [2.05, 4.69) is 12.2 Å². The smallest absolute Gasteiger partial charge is 0.153 e. The van der Waals surface area contributed by atoms with Gasteiger partial charge in [0.05, 0.1) is 11.0 Å². The van der Waals surface area contributed by atoms with Gasteiger partial charge in [0.25, 0.3) is 0 Å². The summed E-state index contributed by atoms with van der Waals surface area (Å²) in [7, 11) is -2.83. The highest BCUT2D eigenvalue weighted by atomic mass is 32.2. The summed E-state index contributed by atoms with van der Waals surface area (Å²) < 4.78 is 24.4. The van der Waals surface area contributed by atoms with E-state index < -0.39 is 9.84 Å². The molecule has 1 aliphatic carbocycles. The predicted octanol–water partition coefficient (Wildman–Crippen LogP) is 1.59. The van der Waals surface area contributed by atoms with Crippen molar-refractivity contribution >= 4 is 9.84 Å². The number of hydrogen-bond donors (Lipinski definition) is 1. The minimum atomic E-state index is -2.83. The van der Waals surface area contributed by atoms with Crippen molar-refractivity contribution in [2.45, 2.75) is 44.3 Å². The molecule has 2 rings (SSSR count). The van der Waals surface area contributed by atoms with E-state index in [0.29, 0.717) is 17.6 Å². The van der Waals surface area contributed by atoms with E-state index in [4.69, 9.17) is 0 Å². The average molecular weight is 245 g/mol. The first-order valence-electron chi connectivity index (χ1n) is 6.54. The molecule has 1 saturated heterocycles. The molecule has 1 heterocycles. The van der Waals surface area contributed by atoms with E-state index in [-0.39, 0.29) is 5.25 Å². The molecule has 0 bridgehead atoms. The topological polar surface area (TPSA) is 46.2 Å². The molecule has 1 saturated carbocycles. The van der Waals surface area contributed by atoms with E-state index in [1.807, 2.05) is 0 Å². The molecule has 3 nitrogen and oxygen atoms in total. The SMILES string of the molecule is CCC1CCCC(S(=O)(=O)CC2CNC2)C1. The second-order valence-electron chi connectivity index (χ2n) is 5.42. The summed E-state index contributed by atoms with van der Waals surface area (Å²) in [6.45, 7) is 3.96. The van der Waals surface area contributed by atoms with Gasteiger partial charge in [-0.1, -0.05) is 26.2 Å². The van der Waals surface area contributed by atoms with Crippen LogP contribution in [-0.2, 0) is 9.84 Å². The van der Waals surface area contributed by atoms with Crippen LogP contribution in [0.3, 0.4) is 0 Å². The van der Waals surface area contributed by atoms with Crippen LogP contribution in [0, 0.1) is 11.8 Å². The molecule has 0 amide bonds. The highest BCUT2D eigenvalue weighted by Gasteiger charge is 2.34. The van der Waals surface area contributed by atoms with Crippen LogP contribution in [0.1, 0.15) is 39.0 Å². The molecule has 2 unspecified atom stereocenters. The molecule has 0 aromatic carbocycles. The van der Waals surface area contributed by atoms with Crippen molar-refractivity contribution in [2.24, 2.45) is 11.8 Å². The summed E-state index contributed by atoms with van der Waals surface area (Å²) >= 11 is 0. The van der Waals surface area contributed by atoms with Gasteiger partial charge in [-0.25, -0.2) is 8.42 Å².